The van der Waals surface area contributed by atoms with Crippen LogP contribution in [0.25, 0.3) is 0 Å². The molecule has 0 aromatic rings. The fourth-order valence-corrected chi connectivity index (χ4v) is 0.553. The Balaban J connectivity index is 3.67. The molecule has 0 N–H and O–H groups in total. The molecule has 0 heterocycles. The maximum Gasteiger partial charge on any atom is 0.0628 e. The third kappa shape index (κ3) is 5.15. The fraction of sp³-hybridized carbons (Fsp3) is 0.556. The molecule has 0 saturated heterocycles. The van der Waals surface area contributed by atoms with Crippen LogP contribution in [0.5, 0.6) is 0 Å². The molecule has 0 aliphatic rings. The van der Waals surface area contributed by atoms with E-state index in [4.69, 9.17) is 5.26 Å². The second-order valence-electron chi connectivity index (χ2n) is 2.29. The number of rotatable bonds is 3. The van der Waals surface area contributed by atoms with Crippen LogP contribution in [0.4, 0.5) is 0 Å². The van der Waals surface area contributed by atoms with Crippen LogP contribution in [0.3, 0.4) is 0 Å². The molecule has 0 aliphatic carbocycles. The Bertz CT molecular complexity index is 168. The highest BCUT2D eigenvalue weighted by Gasteiger charge is 1.91. The molecule has 1 heteroatoms. The molecule has 0 fully saturated rings. The van der Waals surface area contributed by atoms with Crippen LogP contribution in [-0.2, 0) is 0 Å². The highest BCUT2D eigenvalue weighted by atomic mass is 14.2. The van der Waals surface area contributed by atoms with E-state index in [1.54, 1.807) is 0 Å². The van der Waals surface area contributed by atoms with Crippen molar-refractivity contribution >= 4 is 0 Å². The number of nitrogens with zero attached hydrogens (tertiary/aromatic N) is 1. The summed E-state index contributed by atoms with van der Waals surface area (Å²) >= 11 is 0. The Morgan fingerprint density at radius 3 is 2.80 bits per heavy atom. The van der Waals surface area contributed by atoms with E-state index in [1.165, 1.54) is 0 Å². The van der Waals surface area contributed by atoms with E-state index in [1.807, 2.05) is 19.1 Å². The van der Waals surface area contributed by atoms with Gasteiger partial charge in [0.25, 0.3) is 0 Å². The summed E-state index contributed by atoms with van der Waals surface area (Å²) in [7, 11) is 0. The van der Waals surface area contributed by atoms with Crippen LogP contribution in [0.15, 0.2) is 17.9 Å². The third-order valence-electron chi connectivity index (χ3n) is 1.12. The second-order valence-corrected chi connectivity index (χ2v) is 2.29. The van der Waals surface area contributed by atoms with Crippen molar-refractivity contribution in [2.45, 2.75) is 26.7 Å². The smallest absolute Gasteiger partial charge is 0.0628 e. The zero-order valence-corrected chi connectivity index (χ0v) is 6.59. The van der Waals surface area contributed by atoms with Gasteiger partial charge in [0.05, 0.1) is 6.07 Å². The summed E-state index contributed by atoms with van der Waals surface area (Å²) in [6.07, 6.45) is 5.50. The van der Waals surface area contributed by atoms with Crippen molar-refractivity contribution in [3.8, 4) is 6.07 Å². The minimum Gasteiger partial charge on any atom is -0.198 e. The van der Waals surface area contributed by atoms with Crippen molar-refractivity contribution < 1.29 is 0 Å². The summed E-state index contributed by atoms with van der Waals surface area (Å²) in [6.45, 7) is 4.08. The summed E-state index contributed by atoms with van der Waals surface area (Å²) in [6, 6.07) is 2.11. The standard InChI is InChI=1S/C9H13N/c1-3-4-5-6-9(2)7-8-10/h4,6,9H,3,7H2,1-2H3. The molecule has 0 aliphatic heterocycles. The average Bonchev–Trinajstić information content (AvgIpc) is 1.89. The molecule has 0 bridgehead atoms. The van der Waals surface area contributed by atoms with Gasteiger partial charge < -0.3 is 0 Å². The lowest BCUT2D eigenvalue weighted by molar-refractivity contribution is 0.754. The molecule has 0 rings (SSSR count). The van der Waals surface area contributed by atoms with Crippen molar-refractivity contribution in [3.63, 3.8) is 0 Å². The largest absolute Gasteiger partial charge is 0.198 e. The van der Waals surface area contributed by atoms with Crippen LogP contribution in [0, 0.1) is 17.2 Å². The molecular formula is C9H13N. The molecule has 0 amide bonds. The summed E-state index contributed by atoms with van der Waals surface area (Å²) in [5.41, 5.74) is 3.02. The topological polar surface area (TPSA) is 23.8 Å². The van der Waals surface area contributed by atoms with Gasteiger partial charge in [-0.3, -0.25) is 0 Å². The van der Waals surface area contributed by atoms with Gasteiger partial charge in [0, 0.05) is 6.42 Å². The number of nitriles is 1. The van der Waals surface area contributed by atoms with Gasteiger partial charge in [0.15, 0.2) is 0 Å². The summed E-state index contributed by atoms with van der Waals surface area (Å²) in [5, 5.41) is 8.29. The molecule has 0 aromatic carbocycles. The quantitative estimate of drug-likeness (QED) is 0.546. The van der Waals surface area contributed by atoms with Gasteiger partial charge in [-0.2, -0.15) is 5.26 Å². The van der Waals surface area contributed by atoms with Crippen LogP contribution < -0.4 is 0 Å². The predicted octanol–water partition coefficient (Wildman–Crippen LogP) is 2.66. The van der Waals surface area contributed by atoms with Gasteiger partial charge in [-0.15, -0.1) is 5.73 Å². The lowest BCUT2D eigenvalue weighted by atomic mass is 10.1. The molecule has 0 spiro atoms. The second kappa shape index (κ2) is 6.13. The molecule has 1 atom stereocenters. The molecule has 0 saturated carbocycles. The number of hydrogen-bond donors (Lipinski definition) is 0. The molecule has 1 nitrogen and oxygen atoms in total. The van der Waals surface area contributed by atoms with Crippen molar-refractivity contribution in [2.75, 3.05) is 0 Å². The Kier molecular flexibility index (Phi) is 5.53. The zero-order chi connectivity index (χ0) is 7.82. The predicted molar refractivity (Wildman–Crippen MR) is 42.3 cm³/mol. The summed E-state index contributed by atoms with van der Waals surface area (Å²) in [5.74, 6) is 0.341. The van der Waals surface area contributed by atoms with Crippen molar-refractivity contribution in [1.82, 2.24) is 0 Å². The van der Waals surface area contributed by atoms with Gasteiger partial charge in [0.2, 0.25) is 0 Å². The lowest BCUT2D eigenvalue weighted by Gasteiger charge is -1.92. The molecular weight excluding hydrogens is 122 g/mol. The maximum atomic E-state index is 8.29. The summed E-state index contributed by atoms with van der Waals surface area (Å²) < 4.78 is 0. The van der Waals surface area contributed by atoms with E-state index < -0.39 is 0 Å². The Labute approximate surface area is 62.7 Å². The Morgan fingerprint density at radius 1 is 1.60 bits per heavy atom. The monoisotopic (exact) mass is 135 g/mol. The first-order chi connectivity index (χ1) is 4.81. The normalized spacial score (nSPS) is 10.9. The van der Waals surface area contributed by atoms with E-state index in [-0.39, 0.29) is 0 Å². The van der Waals surface area contributed by atoms with E-state index >= 15 is 0 Å². The molecule has 0 radical (unpaired) electrons. The van der Waals surface area contributed by atoms with Crippen molar-refractivity contribution in [1.29, 1.82) is 5.26 Å². The van der Waals surface area contributed by atoms with Crippen LogP contribution >= 0.6 is 0 Å². The minimum absolute atomic E-state index is 0.341. The lowest BCUT2D eigenvalue weighted by Crippen LogP contribution is -1.83. The number of hydrogen-bond acceptors (Lipinski definition) is 1. The van der Waals surface area contributed by atoms with Gasteiger partial charge >= 0.3 is 0 Å². The fourth-order valence-electron chi connectivity index (χ4n) is 0.553. The third-order valence-corrected chi connectivity index (χ3v) is 1.12. The van der Waals surface area contributed by atoms with E-state index in [0.29, 0.717) is 12.3 Å². The van der Waals surface area contributed by atoms with Crippen LogP contribution in [-0.4, -0.2) is 0 Å². The number of allylic oxidation sites excluding steroid dienone is 1. The van der Waals surface area contributed by atoms with E-state index in [9.17, 15) is 0 Å². The first-order valence-corrected chi connectivity index (χ1v) is 3.59. The first-order valence-electron chi connectivity index (χ1n) is 3.59. The highest BCUT2D eigenvalue weighted by molar-refractivity contribution is 4.91. The molecule has 0 aromatic heterocycles. The zero-order valence-electron chi connectivity index (χ0n) is 6.59. The van der Waals surface area contributed by atoms with Gasteiger partial charge in [-0.25, -0.2) is 0 Å². The van der Waals surface area contributed by atoms with Gasteiger partial charge in [-0.1, -0.05) is 13.8 Å². The molecule has 54 valence electrons. The minimum atomic E-state index is 0.341. The molecule has 1 unspecified atom stereocenters. The van der Waals surface area contributed by atoms with Gasteiger partial charge in [0.1, 0.15) is 0 Å². The Morgan fingerprint density at radius 2 is 2.30 bits per heavy atom. The Hall–Kier alpha value is -0.990. The van der Waals surface area contributed by atoms with Crippen molar-refractivity contribution in [3.05, 3.63) is 17.9 Å². The van der Waals surface area contributed by atoms with E-state index in [0.717, 1.165) is 6.42 Å². The summed E-state index contributed by atoms with van der Waals surface area (Å²) in [4.78, 5) is 0. The molecule has 10 heavy (non-hydrogen) atoms. The first kappa shape index (κ1) is 9.01. The highest BCUT2D eigenvalue weighted by Crippen LogP contribution is 2.00. The maximum absolute atomic E-state index is 8.29. The van der Waals surface area contributed by atoms with Crippen LogP contribution in [0.1, 0.15) is 26.7 Å². The van der Waals surface area contributed by atoms with E-state index in [2.05, 4.69) is 18.7 Å². The average molecular weight is 135 g/mol. The van der Waals surface area contributed by atoms with Crippen LogP contribution in [0.2, 0.25) is 0 Å². The van der Waals surface area contributed by atoms with Crippen molar-refractivity contribution in [2.24, 2.45) is 5.92 Å². The SMILES string of the molecule is CCC=C=CC(C)CC#N. The van der Waals surface area contributed by atoms with Gasteiger partial charge in [-0.05, 0) is 24.5 Å².